The maximum absolute atomic E-state index is 11.6. The van der Waals surface area contributed by atoms with E-state index in [1.807, 2.05) is 53.8 Å². The third-order valence-corrected chi connectivity index (χ3v) is 6.56. The number of aromatic nitrogens is 2. The van der Waals surface area contributed by atoms with Gasteiger partial charge in [0.2, 0.25) is 0 Å². The number of nitrogens with zero attached hydrogens (tertiary/aromatic N) is 2. The van der Waals surface area contributed by atoms with Crippen molar-refractivity contribution in [2.45, 2.75) is 39.2 Å². The Hall–Kier alpha value is -2.96. The number of rotatable bonds is 7. The summed E-state index contributed by atoms with van der Waals surface area (Å²) in [4.78, 5) is 16.4. The molecule has 4 rings (SSSR count). The highest BCUT2D eigenvalue weighted by atomic mass is 79.9. The molecule has 0 saturated heterocycles. The molecule has 0 amide bonds. The second-order valence-corrected chi connectivity index (χ2v) is 8.68. The van der Waals surface area contributed by atoms with Crippen molar-refractivity contribution >= 4 is 27.5 Å². The minimum absolute atomic E-state index is 0.253. The first-order valence-electron chi connectivity index (χ1n) is 10.7. The molecule has 164 valence electrons. The molecule has 0 saturated carbocycles. The fourth-order valence-corrected chi connectivity index (χ4v) is 4.62. The van der Waals surface area contributed by atoms with Crippen molar-refractivity contribution in [3.63, 3.8) is 0 Å². The van der Waals surface area contributed by atoms with Crippen LogP contribution in [0.3, 0.4) is 0 Å². The van der Waals surface area contributed by atoms with E-state index >= 15 is 0 Å². The Balaban J connectivity index is 1.72. The van der Waals surface area contributed by atoms with E-state index in [9.17, 15) is 15.0 Å². The number of carbonyl (C=O) groups is 1. The summed E-state index contributed by atoms with van der Waals surface area (Å²) in [6, 6.07) is 18.2. The van der Waals surface area contributed by atoms with Crippen LogP contribution in [0.1, 0.15) is 58.7 Å². The van der Waals surface area contributed by atoms with E-state index in [2.05, 4.69) is 22.9 Å². The van der Waals surface area contributed by atoms with Crippen LogP contribution in [0.5, 0.6) is 0 Å². The molecule has 0 bridgehead atoms. The highest BCUT2D eigenvalue weighted by molar-refractivity contribution is 9.10. The summed E-state index contributed by atoms with van der Waals surface area (Å²) in [5.74, 6) is -0.962. The Morgan fingerprint density at radius 2 is 1.81 bits per heavy atom. The van der Waals surface area contributed by atoms with Gasteiger partial charge < -0.3 is 10.2 Å². The number of aryl methyl sites for hydroxylation is 2. The Morgan fingerprint density at radius 3 is 2.50 bits per heavy atom. The largest absolute Gasteiger partial charge is 0.478 e. The monoisotopic (exact) mass is 492 g/mol. The van der Waals surface area contributed by atoms with Gasteiger partial charge >= 0.3 is 5.97 Å². The van der Waals surface area contributed by atoms with Gasteiger partial charge in [-0.3, -0.25) is 4.40 Å². The van der Waals surface area contributed by atoms with Crippen LogP contribution >= 0.6 is 15.9 Å². The van der Waals surface area contributed by atoms with Crippen molar-refractivity contribution in [3.05, 3.63) is 93.3 Å². The molecule has 2 N–H and O–H groups in total. The lowest BCUT2D eigenvalue weighted by Crippen LogP contribution is -2.07. The van der Waals surface area contributed by atoms with E-state index in [1.165, 1.54) is 0 Å². The predicted octanol–water partition coefficient (Wildman–Crippen LogP) is 6.19. The maximum atomic E-state index is 11.6. The van der Waals surface area contributed by atoms with Gasteiger partial charge in [-0.15, -0.1) is 0 Å². The van der Waals surface area contributed by atoms with Gasteiger partial charge in [-0.2, -0.15) is 0 Å². The summed E-state index contributed by atoms with van der Waals surface area (Å²) < 4.78 is 2.87. The number of halogens is 1. The molecular formula is C26H25BrN2O3. The van der Waals surface area contributed by atoms with Crippen LogP contribution in [-0.2, 0) is 6.42 Å². The van der Waals surface area contributed by atoms with Gasteiger partial charge in [-0.1, -0.05) is 61.9 Å². The zero-order valence-electron chi connectivity index (χ0n) is 18.0. The van der Waals surface area contributed by atoms with Gasteiger partial charge in [0.25, 0.3) is 0 Å². The number of hydrogen-bond donors (Lipinski definition) is 2. The average molecular weight is 493 g/mol. The Morgan fingerprint density at radius 1 is 1.09 bits per heavy atom. The van der Waals surface area contributed by atoms with E-state index < -0.39 is 12.1 Å². The number of fused-ring (bicyclic) bond motifs is 1. The Kier molecular flexibility index (Phi) is 6.44. The molecule has 0 aliphatic rings. The quantitative estimate of drug-likeness (QED) is 0.322. The number of aliphatic hydroxyl groups is 1. The summed E-state index contributed by atoms with van der Waals surface area (Å²) in [6.07, 6.45) is 2.17. The number of benzene rings is 2. The smallest absolute Gasteiger partial charge is 0.336 e. The highest BCUT2D eigenvalue weighted by Gasteiger charge is 2.20. The number of hydrogen-bond acceptors (Lipinski definition) is 3. The lowest BCUT2D eigenvalue weighted by molar-refractivity contribution is 0.0697. The first kappa shape index (κ1) is 22.2. The maximum Gasteiger partial charge on any atom is 0.336 e. The third-order valence-electron chi connectivity index (χ3n) is 5.74. The van der Waals surface area contributed by atoms with Gasteiger partial charge in [0.15, 0.2) is 0 Å². The zero-order valence-corrected chi connectivity index (χ0v) is 19.6. The highest BCUT2D eigenvalue weighted by Crippen LogP contribution is 2.31. The van der Waals surface area contributed by atoms with Crippen molar-refractivity contribution in [3.8, 4) is 11.1 Å². The van der Waals surface area contributed by atoms with Gasteiger partial charge in [0, 0.05) is 0 Å². The molecule has 0 fully saturated rings. The third kappa shape index (κ3) is 4.08. The first-order valence-corrected chi connectivity index (χ1v) is 11.5. The zero-order chi connectivity index (χ0) is 22.8. The first-order chi connectivity index (χ1) is 15.4. The molecule has 1 unspecified atom stereocenters. The topological polar surface area (TPSA) is 74.8 Å². The number of pyridine rings is 1. The summed E-state index contributed by atoms with van der Waals surface area (Å²) in [6.45, 7) is 4.17. The standard InChI is InChI=1S/C26H25BrN2O3/c1-3-4-9-21-24(27)29-22(15-10-16(2)25(29)28-21)23(30)18-13-11-17(12-14-18)19-7-5-6-8-20(19)26(31)32/h5-8,10-15,23,30H,3-4,9H2,1-2H3,(H,31,32). The molecule has 32 heavy (non-hydrogen) atoms. The predicted molar refractivity (Wildman–Crippen MR) is 129 cm³/mol. The summed E-state index contributed by atoms with van der Waals surface area (Å²) in [5.41, 5.74) is 6.03. The summed E-state index contributed by atoms with van der Waals surface area (Å²) in [5, 5.41) is 20.7. The lowest BCUT2D eigenvalue weighted by Gasteiger charge is -2.16. The van der Waals surface area contributed by atoms with E-state index in [4.69, 9.17) is 4.98 Å². The van der Waals surface area contributed by atoms with E-state index in [-0.39, 0.29) is 5.56 Å². The van der Waals surface area contributed by atoms with Crippen LogP contribution in [-0.4, -0.2) is 25.6 Å². The van der Waals surface area contributed by atoms with Crippen LogP contribution in [0.4, 0.5) is 0 Å². The normalized spacial score (nSPS) is 12.2. The van der Waals surface area contributed by atoms with Crippen LogP contribution in [0.2, 0.25) is 0 Å². The van der Waals surface area contributed by atoms with Crippen molar-refractivity contribution in [2.24, 2.45) is 0 Å². The van der Waals surface area contributed by atoms with Gasteiger partial charge in [-0.05, 0) is 70.1 Å². The molecule has 2 heterocycles. The van der Waals surface area contributed by atoms with Crippen LogP contribution in [0.25, 0.3) is 16.8 Å². The minimum Gasteiger partial charge on any atom is -0.478 e. The minimum atomic E-state index is -0.962. The van der Waals surface area contributed by atoms with Crippen molar-refractivity contribution < 1.29 is 15.0 Å². The summed E-state index contributed by atoms with van der Waals surface area (Å²) in [7, 11) is 0. The molecule has 2 aromatic heterocycles. The number of unbranched alkanes of at least 4 members (excludes halogenated alkanes) is 1. The van der Waals surface area contributed by atoms with Gasteiger partial charge in [0.1, 0.15) is 16.4 Å². The lowest BCUT2D eigenvalue weighted by atomic mass is 9.97. The summed E-state index contributed by atoms with van der Waals surface area (Å²) >= 11 is 3.71. The SMILES string of the molecule is CCCCc1nc2c(C)ccc(C(O)c3ccc(-c4ccccc4C(=O)O)cc3)n2c1Br. The van der Waals surface area contributed by atoms with E-state index in [1.54, 1.807) is 18.2 Å². The molecule has 0 radical (unpaired) electrons. The molecule has 1 atom stereocenters. The molecule has 6 heteroatoms. The second-order valence-electron chi connectivity index (χ2n) is 7.93. The molecule has 0 aliphatic carbocycles. The fourth-order valence-electron chi connectivity index (χ4n) is 3.96. The van der Waals surface area contributed by atoms with E-state index in [0.29, 0.717) is 5.56 Å². The molecular weight excluding hydrogens is 468 g/mol. The Labute approximate surface area is 195 Å². The van der Waals surface area contributed by atoms with Crippen molar-refractivity contribution in [1.29, 1.82) is 0 Å². The fraction of sp³-hybridized carbons (Fsp3) is 0.231. The number of aliphatic hydroxyl groups excluding tert-OH is 1. The van der Waals surface area contributed by atoms with E-state index in [0.717, 1.165) is 57.6 Å². The number of imidazole rings is 1. The van der Waals surface area contributed by atoms with Crippen LogP contribution in [0, 0.1) is 6.92 Å². The van der Waals surface area contributed by atoms with Crippen molar-refractivity contribution in [2.75, 3.05) is 0 Å². The molecule has 4 aromatic rings. The van der Waals surface area contributed by atoms with Gasteiger partial charge in [-0.25, -0.2) is 9.78 Å². The number of carboxylic acid groups (broad SMARTS) is 1. The van der Waals surface area contributed by atoms with Crippen molar-refractivity contribution in [1.82, 2.24) is 9.38 Å². The molecule has 0 aliphatic heterocycles. The molecule has 0 spiro atoms. The van der Waals surface area contributed by atoms with Crippen LogP contribution < -0.4 is 0 Å². The van der Waals surface area contributed by atoms with Crippen LogP contribution in [0.15, 0.2) is 65.3 Å². The molecule has 5 nitrogen and oxygen atoms in total. The second kappa shape index (κ2) is 9.27. The number of carboxylic acids is 1. The number of aromatic carboxylic acids is 1. The van der Waals surface area contributed by atoms with Gasteiger partial charge in [0.05, 0.1) is 17.0 Å². The molecule has 2 aromatic carbocycles. The Bertz CT molecular complexity index is 1280. The average Bonchev–Trinajstić information content (AvgIpc) is 3.15.